The van der Waals surface area contributed by atoms with E-state index in [-0.39, 0.29) is 17.9 Å². The summed E-state index contributed by atoms with van der Waals surface area (Å²) in [7, 11) is 0. The predicted octanol–water partition coefficient (Wildman–Crippen LogP) is 4.66. The molecule has 1 saturated heterocycles. The number of nitrogens with two attached hydrogens (primary N) is 1. The summed E-state index contributed by atoms with van der Waals surface area (Å²) in [6.07, 6.45) is 4.97. The Kier molecular flexibility index (Phi) is 6.18. The average Bonchev–Trinajstić information content (AvgIpc) is 3.33. The molecule has 0 spiro atoms. The van der Waals surface area contributed by atoms with Crippen molar-refractivity contribution in [3.8, 4) is 0 Å². The van der Waals surface area contributed by atoms with Gasteiger partial charge in [-0.3, -0.25) is 14.5 Å². The zero-order chi connectivity index (χ0) is 21.1. The van der Waals surface area contributed by atoms with E-state index in [1.165, 1.54) is 6.08 Å². The van der Waals surface area contributed by atoms with Gasteiger partial charge in [0.1, 0.15) is 0 Å². The number of benzene rings is 2. The third-order valence-electron chi connectivity index (χ3n) is 5.29. The fourth-order valence-corrected chi connectivity index (χ4v) is 5.20. The van der Waals surface area contributed by atoms with Crippen LogP contribution in [0.4, 0.5) is 5.69 Å². The molecule has 5 nitrogen and oxygen atoms in total. The third-order valence-corrected chi connectivity index (χ3v) is 6.94. The van der Waals surface area contributed by atoms with Gasteiger partial charge in [0.15, 0.2) is 0 Å². The number of nitrogens with one attached hydrogen (secondary N) is 1. The van der Waals surface area contributed by atoms with Gasteiger partial charge in [0.05, 0.1) is 11.1 Å². The van der Waals surface area contributed by atoms with Crippen molar-refractivity contribution in [3.63, 3.8) is 0 Å². The number of anilines is 1. The number of fused-ring (bicyclic) bond motifs is 1. The SMILES string of the molecule is NC(=O)C1CCCN1Cc1ccccc1NC(=O)/C=C/c1sc2ccccc2c1Cl. The number of primary amides is 1. The minimum atomic E-state index is -0.294. The van der Waals surface area contributed by atoms with Crippen molar-refractivity contribution in [1.82, 2.24) is 4.90 Å². The topological polar surface area (TPSA) is 75.4 Å². The average molecular weight is 440 g/mol. The largest absolute Gasteiger partial charge is 0.368 e. The van der Waals surface area contributed by atoms with E-state index in [2.05, 4.69) is 10.2 Å². The maximum absolute atomic E-state index is 12.6. The Morgan fingerprint density at radius 1 is 1.20 bits per heavy atom. The first-order valence-corrected chi connectivity index (χ1v) is 11.0. The van der Waals surface area contributed by atoms with Crippen LogP contribution in [-0.2, 0) is 16.1 Å². The van der Waals surface area contributed by atoms with Gasteiger partial charge < -0.3 is 11.1 Å². The fraction of sp³-hybridized carbons (Fsp3) is 0.217. The van der Waals surface area contributed by atoms with Gasteiger partial charge in [0, 0.05) is 33.3 Å². The smallest absolute Gasteiger partial charge is 0.248 e. The highest BCUT2D eigenvalue weighted by Gasteiger charge is 2.29. The highest BCUT2D eigenvalue weighted by molar-refractivity contribution is 7.20. The lowest BCUT2D eigenvalue weighted by Crippen LogP contribution is -2.39. The number of carbonyl (C=O) groups is 2. The van der Waals surface area contributed by atoms with E-state index in [4.69, 9.17) is 17.3 Å². The molecule has 0 radical (unpaired) electrons. The second-order valence-electron chi connectivity index (χ2n) is 7.29. The number of amides is 2. The quantitative estimate of drug-likeness (QED) is 0.548. The molecule has 0 bridgehead atoms. The molecular weight excluding hydrogens is 418 g/mol. The number of likely N-dealkylation sites (tertiary alicyclic amines) is 1. The maximum atomic E-state index is 12.6. The number of rotatable bonds is 6. The van der Waals surface area contributed by atoms with Crippen LogP contribution < -0.4 is 11.1 Å². The monoisotopic (exact) mass is 439 g/mol. The molecule has 0 aliphatic carbocycles. The zero-order valence-electron chi connectivity index (χ0n) is 16.3. The molecule has 1 aliphatic heterocycles. The summed E-state index contributed by atoms with van der Waals surface area (Å²) < 4.78 is 1.09. The van der Waals surface area contributed by atoms with E-state index < -0.39 is 0 Å². The summed E-state index contributed by atoms with van der Waals surface area (Å²) in [6.45, 7) is 1.39. The molecule has 1 fully saturated rings. The van der Waals surface area contributed by atoms with E-state index in [0.29, 0.717) is 11.6 Å². The molecular formula is C23H22ClN3O2S. The van der Waals surface area contributed by atoms with E-state index in [1.54, 1.807) is 17.4 Å². The Morgan fingerprint density at radius 3 is 2.77 bits per heavy atom. The summed E-state index contributed by atoms with van der Waals surface area (Å²) in [5.74, 6) is -0.527. The van der Waals surface area contributed by atoms with Gasteiger partial charge in [-0.2, -0.15) is 0 Å². The Labute approximate surface area is 184 Å². The Hall–Kier alpha value is -2.67. The number of hydrogen-bond acceptors (Lipinski definition) is 4. The molecule has 154 valence electrons. The lowest BCUT2D eigenvalue weighted by Gasteiger charge is -2.23. The van der Waals surface area contributed by atoms with Gasteiger partial charge >= 0.3 is 0 Å². The van der Waals surface area contributed by atoms with Gasteiger partial charge in [0.25, 0.3) is 0 Å². The minimum Gasteiger partial charge on any atom is -0.368 e. The summed E-state index contributed by atoms with van der Waals surface area (Å²) in [4.78, 5) is 27.1. The highest BCUT2D eigenvalue weighted by atomic mass is 35.5. The van der Waals surface area contributed by atoms with E-state index in [9.17, 15) is 9.59 Å². The molecule has 2 amide bonds. The minimum absolute atomic E-state index is 0.233. The summed E-state index contributed by atoms with van der Waals surface area (Å²) >= 11 is 7.99. The lowest BCUT2D eigenvalue weighted by atomic mass is 10.1. The number of nitrogens with zero attached hydrogens (tertiary/aromatic N) is 1. The number of halogens is 1. The maximum Gasteiger partial charge on any atom is 0.248 e. The molecule has 1 atom stereocenters. The molecule has 2 aromatic carbocycles. The molecule has 3 aromatic rings. The number of hydrogen-bond donors (Lipinski definition) is 2. The predicted molar refractivity (Wildman–Crippen MR) is 124 cm³/mol. The fourth-order valence-electron chi connectivity index (χ4n) is 3.80. The first kappa shape index (κ1) is 20.6. The van der Waals surface area contributed by atoms with Gasteiger partial charge in [0.2, 0.25) is 11.8 Å². The van der Waals surface area contributed by atoms with Gasteiger partial charge in [-0.25, -0.2) is 0 Å². The third kappa shape index (κ3) is 4.41. The van der Waals surface area contributed by atoms with Gasteiger partial charge in [-0.15, -0.1) is 11.3 Å². The Bertz CT molecular complexity index is 1120. The second-order valence-corrected chi connectivity index (χ2v) is 8.75. The molecule has 7 heteroatoms. The van der Waals surface area contributed by atoms with Crippen molar-refractivity contribution in [2.24, 2.45) is 5.73 Å². The van der Waals surface area contributed by atoms with Crippen molar-refractivity contribution in [3.05, 3.63) is 70.1 Å². The van der Waals surface area contributed by atoms with Crippen molar-refractivity contribution in [1.29, 1.82) is 0 Å². The van der Waals surface area contributed by atoms with Crippen LogP contribution in [0.25, 0.3) is 16.2 Å². The molecule has 1 unspecified atom stereocenters. The number of para-hydroxylation sites is 1. The molecule has 4 rings (SSSR count). The highest BCUT2D eigenvalue weighted by Crippen LogP contribution is 2.36. The molecule has 2 heterocycles. The zero-order valence-corrected chi connectivity index (χ0v) is 17.9. The Balaban J connectivity index is 1.47. The van der Waals surface area contributed by atoms with Crippen LogP contribution in [0.2, 0.25) is 5.02 Å². The first-order chi connectivity index (χ1) is 14.5. The van der Waals surface area contributed by atoms with Crippen molar-refractivity contribution in [2.45, 2.75) is 25.4 Å². The molecule has 1 aromatic heterocycles. The van der Waals surface area contributed by atoms with Crippen LogP contribution in [0.3, 0.4) is 0 Å². The van der Waals surface area contributed by atoms with Crippen LogP contribution in [0.15, 0.2) is 54.6 Å². The molecule has 3 N–H and O–H groups in total. The van der Waals surface area contributed by atoms with Crippen LogP contribution in [-0.4, -0.2) is 29.3 Å². The van der Waals surface area contributed by atoms with Crippen LogP contribution >= 0.6 is 22.9 Å². The Morgan fingerprint density at radius 2 is 1.97 bits per heavy atom. The van der Waals surface area contributed by atoms with E-state index in [0.717, 1.165) is 45.6 Å². The molecule has 1 aliphatic rings. The summed E-state index contributed by atoms with van der Waals surface area (Å²) in [5, 5.41) is 4.59. The lowest BCUT2D eigenvalue weighted by molar-refractivity contribution is -0.122. The summed E-state index contributed by atoms with van der Waals surface area (Å²) in [5.41, 5.74) is 7.20. The van der Waals surface area contributed by atoms with Crippen molar-refractivity contribution in [2.75, 3.05) is 11.9 Å². The standard InChI is InChI=1S/C23H22ClN3O2S/c24-22-16-7-2-4-10-19(16)30-20(22)11-12-21(28)26-17-8-3-1-6-15(17)14-27-13-5-9-18(27)23(25)29/h1-4,6-8,10-12,18H,5,9,13-14H2,(H2,25,29)(H,26,28)/b12-11+. The van der Waals surface area contributed by atoms with Gasteiger partial charge in [-0.1, -0.05) is 48.0 Å². The second kappa shape index (κ2) is 9.00. The normalized spacial score (nSPS) is 17.0. The van der Waals surface area contributed by atoms with Crippen LogP contribution in [0.1, 0.15) is 23.3 Å². The number of thiophene rings is 1. The van der Waals surface area contributed by atoms with E-state index in [1.807, 2.05) is 48.5 Å². The number of carbonyl (C=O) groups excluding carboxylic acids is 2. The van der Waals surface area contributed by atoms with Crippen LogP contribution in [0, 0.1) is 0 Å². The van der Waals surface area contributed by atoms with Gasteiger partial charge in [-0.05, 0) is 43.2 Å². The van der Waals surface area contributed by atoms with E-state index >= 15 is 0 Å². The molecule has 0 saturated carbocycles. The van der Waals surface area contributed by atoms with Crippen molar-refractivity contribution < 1.29 is 9.59 Å². The molecule has 30 heavy (non-hydrogen) atoms. The van der Waals surface area contributed by atoms with Crippen molar-refractivity contribution >= 4 is 56.6 Å². The first-order valence-electron chi connectivity index (χ1n) is 9.80. The summed E-state index contributed by atoms with van der Waals surface area (Å²) in [6, 6.07) is 15.3. The van der Waals surface area contributed by atoms with Crippen LogP contribution in [0.5, 0.6) is 0 Å².